The zero-order valence-corrected chi connectivity index (χ0v) is 15.0. The van der Waals surface area contributed by atoms with Crippen LogP contribution in [0.3, 0.4) is 0 Å². The second-order valence-electron chi connectivity index (χ2n) is 5.72. The Bertz CT molecular complexity index is 799. The number of aryl methyl sites for hydroxylation is 2. The summed E-state index contributed by atoms with van der Waals surface area (Å²) in [6.07, 6.45) is -9.94. The van der Waals surface area contributed by atoms with E-state index in [0.29, 0.717) is 23.0 Å². The molecule has 0 aliphatic heterocycles. The van der Waals surface area contributed by atoms with Gasteiger partial charge in [-0.3, -0.25) is 0 Å². The number of hydrogen-bond donors (Lipinski definition) is 0. The normalized spacial score (nSPS) is 12.5. The molecule has 2 rings (SSSR count). The standard InChI is InChI=1S/C16H15F7N2OS/c1-9-5-11(17)12(7-13(9)27-8-16(21,22)23)25-10(2)6-14(24-25)26-4-3-15(18,19)20/h5-7H,3-4,8H2,1-2H3. The van der Waals surface area contributed by atoms with Gasteiger partial charge >= 0.3 is 12.4 Å². The van der Waals surface area contributed by atoms with Crippen molar-refractivity contribution in [2.45, 2.75) is 37.5 Å². The molecule has 3 nitrogen and oxygen atoms in total. The van der Waals surface area contributed by atoms with Gasteiger partial charge in [-0.1, -0.05) is 0 Å². The van der Waals surface area contributed by atoms with Crippen LogP contribution in [0.2, 0.25) is 0 Å². The summed E-state index contributed by atoms with van der Waals surface area (Å²) in [5.41, 5.74) is 0.567. The van der Waals surface area contributed by atoms with E-state index in [4.69, 9.17) is 4.74 Å². The summed E-state index contributed by atoms with van der Waals surface area (Å²) in [5.74, 6) is -2.00. The molecule has 150 valence electrons. The van der Waals surface area contributed by atoms with Crippen LogP contribution in [0.5, 0.6) is 5.88 Å². The van der Waals surface area contributed by atoms with Crippen molar-refractivity contribution in [2.24, 2.45) is 0 Å². The van der Waals surface area contributed by atoms with Crippen molar-refractivity contribution in [1.82, 2.24) is 9.78 Å². The molecule has 0 spiro atoms. The lowest BCUT2D eigenvalue weighted by Gasteiger charge is -2.12. The third-order valence-electron chi connectivity index (χ3n) is 3.36. The number of ether oxygens (including phenoxy) is 1. The summed E-state index contributed by atoms with van der Waals surface area (Å²) < 4.78 is 94.1. The minimum Gasteiger partial charge on any atom is -0.476 e. The highest BCUT2D eigenvalue weighted by molar-refractivity contribution is 7.99. The van der Waals surface area contributed by atoms with Crippen molar-refractivity contribution in [3.8, 4) is 11.6 Å². The first-order chi connectivity index (χ1) is 12.4. The van der Waals surface area contributed by atoms with Crippen LogP contribution in [0.25, 0.3) is 5.69 Å². The van der Waals surface area contributed by atoms with Gasteiger partial charge < -0.3 is 4.74 Å². The molecule has 0 fully saturated rings. The van der Waals surface area contributed by atoms with Crippen LogP contribution in [-0.4, -0.2) is 34.5 Å². The Balaban J connectivity index is 2.24. The number of hydrogen-bond acceptors (Lipinski definition) is 3. The second-order valence-corrected chi connectivity index (χ2v) is 6.74. The highest BCUT2D eigenvalue weighted by Crippen LogP contribution is 2.32. The number of benzene rings is 1. The molecular weight excluding hydrogens is 401 g/mol. The van der Waals surface area contributed by atoms with E-state index in [1.165, 1.54) is 26.0 Å². The number of aromatic nitrogens is 2. The molecule has 27 heavy (non-hydrogen) atoms. The Labute approximate surface area is 154 Å². The lowest BCUT2D eigenvalue weighted by atomic mass is 10.2. The molecule has 0 radical (unpaired) electrons. The quantitative estimate of drug-likeness (QED) is 0.452. The fraction of sp³-hybridized carbons (Fsp3) is 0.438. The van der Waals surface area contributed by atoms with Crippen molar-refractivity contribution in [1.29, 1.82) is 0 Å². The summed E-state index contributed by atoms with van der Waals surface area (Å²) >= 11 is 0.512. The molecule has 1 aromatic heterocycles. The summed E-state index contributed by atoms with van der Waals surface area (Å²) in [7, 11) is 0. The van der Waals surface area contributed by atoms with Gasteiger partial charge in [0.15, 0.2) is 0 Å². The highest BCUT2D eigenvalue weighted by atomic mass is 32.2. The van der Waals surface area contributed by atoms with Crippen molar-refractivity contribution >= 4 is 11.8 Å². The Hall–Kier alpha value is -1.91. The molecule has 0 saturated carbocycles. The first kappa shape index (κ1) is 21.4. The fourth-order valence-corrected chi connectivity index (χ4v) is 2.95. The predicted octanol–water partition coefficient (Wildman–Crippen LogP) is 5.61. The fourth-order valence-electron chi connectivity index (χ4n) is 2.15. The van der Waals surface area contributed by atoms with E-state index in [-0.39, 0.29) is 16.5 Å². The number of alkyl halides is 6. The van der Waals surface area contributed by atoms with E-state index < -0.39 is 37.0 Å². The van der Waals surface area contributed by atoms with E-state index in [0.717, 1.165) is 10.7 Å². The molecule has 1 heterocycles. The van der Waals surface area contributed by atoms with E-state index in [1.54, 1.807) is 0 Å². The maximum Gasteiger partial charge on any atom is 0.398 e. The molecule has 0 amide bonds. The number of rotatable bonds is 6. The van der Waals surface area contributed by atoms with Crippen molar-refractivity contribution < 1.29 is 35.5 Å². The van der Waals surface area contributed by atoms with Crippen LogP contribution in [0.4, 0.5) is 30.7 Å². The topological polar surface area (TPSA) is 27.1 Å². The van der Waals surface area contributed by atoms with Crippen LogP contribution in [0.1, 0.15) is 17.7 Å². The van der Waals surface area contributed by atoms with Gasteiger partial charge in [-0.15, -0.1) is 16.9 Å². The van der Waals surface area contributed by atoms with Crippen LogP contribution in [-0.2, 0) is 0 Å². The summed E-state index contributed by atoms with van der Waals surface area (Å²) in [6, 6.07) is 3.62. The number of halogens is 7. The van der Waals surface area contributed by atoms with Crippen molar-refractivity contribution in [3.05, 3.63) is 35.3 Å². The Morgan fingerprint density at radius 3 is 2.30 bits per heavy atom. The van der Waals surface area contributed by atoms with Gasteiger partial charge in [0.25, 0.3) is 0 Å². The van der Waals surface area contributed by atoms with Crippen LogP contribution < -0.4 is 4.74 Å². The summed E-state index contributed by atoms with van der Waals surface area (Å²) in [4.78, 5) is 0.221. The lowest BCUT2D eigenvalue weighted by molar-refractivity contribution is -0.139. The van der Waals surface area contributed by atoms with Crippen LogP contribution in [0, 0.1) is 19.7 Å². The van der Waals surface area contributed by atoms with Gasteiger partial charge in [0.2, 0.25) is 5.88 Å². The van der Waals surface area contributed by atoms with Gasteiger partial charge in [-0.25, -0.2) is 9.07 Å². The third-order valence-corrected chi connectivity index (χ3v) is 4.59. The van der Waals surface area contributed by atoms with Crippen molar-refractivity contribution in [3.63, 3.8) is 0 Å². The smallest absolute Gasteiger partial charge is 0.398 e. The zero-order chi connectivity index (χ0) is 20.4. The predicted molar refractivity (Wildman–Crippen MR) is 85.9 cm³/mol. The minimum absolute atomic E-state index is 0.117. The maximum absolute atomic E-state index is 14.3. The van der Waals surface area contributed by atoms with Gasteiger partial charge in [0, 0.05) is 16.7 Å². The average Bonchev–Trinajstić information content (AvgIpc) is 2.85. The molecule has 0 aliphatic rings. The van der Waals surface area contributed by atoms with E-state index >= 15 is 0 Å². The van der Waals surface area contributed by atoms with Gasteiger partial charge in [-0.05, 0) is 31.5 Å². The van der Waals surface area contributed by atoms with Gasteiger partial charge in [0.05, 0.1) is 18.8 Å². The molecule has 0 bridgehead atoms. The van der Waals surface area contributed by atoms with Crippen molar-refractivity contribution in [2.75, 3.05) is 12.4 Å². The maximum atomic E-state index is 14.3. The molecule has 0 aliphatic carbocycles. The van der Waals surface area contributed by atoms with E-state index in [2.05, 4.69) is 5.10 Å². The summed E-state index contributed by atoms with van der Waals surface area (Å²) in [5, 5.41) is 3.90. The molecule has 0 atom stereocenters. The molecule has 0 N–H and O–H groups in total. The van der Waals surface area contributed by atoms with Gasteiger partial charge in [-0.2, -0.15) is 26.3 Å². The monoisotopic (exact) mass is 416 g/mol. The van der Waals surface area contributed by atoms with Gasteiger partial charge in [0.1, 0.15) is 11.5 Å². The highest BCUT2D eigenvalue weighted by Gasteiger charge is 2.28. The molecule has 0 unspecified atom stereocenters. The zero-order valence-electron chi connectivity index (χ0n) is 14.2. The van der Waals surface area contributed by atoms with E-state index in [9.17, 15) is 30.7 Å². The Morgan fingerprint density at radius 2 is 1.70 bits per heavy atom. The number of thioether (sulfide) groups is 1. The van der Waals surface area contributed by atoms with E-state index in [1.807, 2.05) is 0 Å². The molecular formula is C16H15F7N2OS. The number of nitrogens with zero attached hydrogens (tertiary/aromatic N) is 2. The molecule has 11 heteroatoms. The van der Waals surface area contributed by atoms with Crippen LogP contribution >= 0.6 is 11.8 Å². The average molecular weight is 416 g/mol. The Morgan fingerprint density at radius 1 is 1.04 bits per heavy atom. The Kier molecular flexibility index (Phi) is 6.33. The first-order valence-electron chi connectivity index (χ1n) is 7.62. The lowest BCUT2D eigenvalue weighted by Crippen LogP contribution is -2.13. The molecule has 2 aromatic rings. The molecule has 0 saturated heterocycles. The summed E-state index contributed by atoms with van der Waals surface area (Å²) in [6.45, 7) is 2.35. The van der Waals surface area contributed by atoms with Crippen LogP contribution in [0.15, 0.2) is 23.1 Å². The first-order valence-corrected chi connectivity index (χ1v) is 8.60. The minimum atomic E-state index is -4.38. The second kappa shape index (κ2) is 7.99. The SMILES string of the molecule is Cc1cc(F)c(-n2nc(OCCC(F)(F)F)cc2C)cc1SCC(F)(F)F. The third kappa shape index (κ3) is 6.33. The largest absolute Gasteiger partial charge is 0.476 e. The molecule has 1 aromatic carbocycles.